The molecule has 122 valence electrons. The van der Waals surface area contributed by atoms with Gasteiger partial charge in [0.05, 0.1) is 18.7 Å². The van der Waals surface area contributed by atoms with Crippen LogP contribution in [0, 0.1) is 0 Å². The summed E-state index contributed by atoms with van der Waals surface area (Å²) in [6.07, 6.45) is 0.804. The smallest absolute Gasteiger partial charge is 0.263 e. The zero-order valence-electron chi connectivity index (χ0n) is 14.0. The molecule has 1 heterocycles. The second-order valence-corrected chi connectivity index (χ2v) is 6.48. The summed E-state index contributed by atoms with van der Waals surface area (Å²) < 4.78 is 6.00. The van der Waals surface area contributed by atoms with Gasteiger partial charge in [-0.05, 0) is 30.4 Å². The van der Waals surface area contributed by atoms with Crippen molar-refractivity contribution >= 4 is 5.91 Å². The highest BCUT2D eigenvalue weighted by Gasteiger charge is 2.44. The Hall–Kier alpha value is -1.55. The first-order valence-corrected chi connectivity index (χ1v) is 8.17. The highest BCUT2D eigenvalue weighted by molar-refractivity contribution is 5.82. The van der Waals surface area contributed by atoms with E-state index in [0.717, 1.165) is 11.3 Å². The minimum atomic E-state index is -0.705. The van der Waals surface area contributed by atoms with Crippen LogP contribution in [0.5, 0.6) is 5.75 Å². The van der Waals surface area contributed by atoms with E-state index < -0.39 is 11.7 Å². The molecule has 1 aromatic carbocycles. The van der Waals surface area contributed by atoms with E-state index in [4.69, 9.17) is 4.74 Å². The lowest BCUT2D eigenvalue weighted by atomic mass is 9.90. The number of rotatable bonds is 6. The van der Waals surface area contributed by atoms with Crippen molar-refractivity contribution in [2.24, 2.45) is 0 Å². The van der Waals surface area contributed by atoms with Crippen LogP contribution in [-0.4, -0.2) is 40.7 Å². The predicted molar refractivity (Wildman–Crippen MR) is 87.1 cm³/mol. The zero-order chi connectivity index (χ0) is 16.3. The number of hydrogen-bond acceptors (Lipinski definition) is 3. The van der Waals surface area contributed by atoms with E-state index in [1.54, 1.807) is 4.90 Å². The molecular weight excluding hydrogens is 278 g/mol. The van der Waals surface area contributed by atoms with Gasteiger partial charge in [-0.2, -0.15) is 0 Å². The first-order chi connectivity index (χ1) is 10.4. The van der Waals surface area contributed by atoms with Gasteiger partial charge in [-0.1, -0.05) is 45.9 Å². The Morgan fingerprint density at radius 3 is 2.50 bits per heavy atom. The molecule has 0 saturated carbocycles. The van der Waals surface area contributed by atoms with Gasteiger partial charge in [-0.3, -0.25) is 4.79 Å². The minimum absolute atomic E-state index is 0.0285. The highest BCUT2D eigenvalue weighted by atomic mass is 16.5. The van der Waals surface area contributed by atoms with Crippen molar-refractivity contribution < 1.29 is 14.6 Å². The van der Waals surface area contributed by atoms with Gasteiger partial charge in [0.2, 0.25) is 0 Å². The van der Waals surface area contributed by atoms with Crippen LogP contribution < -0.4 is 4.74 Å². The van der Waals surface area contributed by atoms with Crippen LogP contribution in [0.1, 0.15) is 52.0 Å². The normalized spacial score (nSPS) is 18.0. The lowest BCUT2D eigenvalue weighted by Crippen LogP contribution is -2.65. The molecule has 1 fully saturated rings. The average Bonchev–Trinajstić information content (AvgIpc) is 2.49. The Kier molecular flexibility index (Phi) is 5.12. The van der Waals surface area contributed by atoms with Crippen LogP contribution in [0.2, 0.25) is 0 Å². The minimum Gasteiger partial charge on any atom is -0.480 e. The SMILES string of the molecule is CCC(Oc1ccccc1C(C)C)C(=O)N1CC(O)(CC)C1. The number of amides is 1. The molecular formula is C18H27NO3. The maximum Gasteiger partial charge on any atom is 0.263 e. The number of aliphatic hydroxyl groups is 1. The molecule has 4 nitrogen and oxygen atoms in total. The Morgan fingerprint density at radius 1 is 1.32 bits per heavy atom. The molecule has 0 aliphatic carbocycles. The molecule has 1 atom stereocenters. The van der Waals surface area contributed by atoms with Crippen LogP contribution >= 0.6 is 0 Å². The topological polar surface area (TPSA) is 49.8 Å². The van der Waals surface area contributed by atoms with Crippen molar-refractivity contribution in [3.8, 4) is 5.75 Å². The van der Waals surface area contributed by atoms with Crippen LogP contribution in [0.4, 0.5) is 0 Å². The van der Waals surface area contributed by atoms with Crippen LogP contribution in [0.25, 0.3) is 0 Å². The van der Waals surface area contributed by atoms with E-state index >= 15 is 0 Å². The van der Waals surface area contributed by atoms with E-state index in [-0.39, 0.29) is 5.91 Å². The monoisotopic (exact) mass is 305 g/mol. The van der Waals surface area contributed by atoms with Gasteiger partial charge in [-0.15, -0.1) is 0 Å². The maximum absolute atomic E-state index is 12.5. The maximum atomic E-state index is 12.5. The Labute approximate surface area is 133 Å². The number of likely N-dealkylation sites (tertiary alicyclic amines) is 1. The number of para-hydroxylation sites is 1. The third-order valence-electron chi connectivity index (χ3n) is 4.40. The fourth-order valence-electron chi connectivity index (χ4n) is 2.77. The molecule has 22 heavy (non-hydrogen) atoms. The second kappa shape index (κ2) is 6.69. The standard InChI is InChI=1S/C18H27NO3/c1-5-15(17(20)19-11-18(21,6-2)12-19)22-16-10-8-7-9-14(16)13(3)4/h7-10,13,15,21H,5-6,11-12H2,1-4H3. The lowest BCUT2D eigenvalue weighted by Gasteiger charge is -2.47. The largest absolute Gasteiger partial charge is 0.480 e. The van der Waals surface area contributed by atoms with Crippen molar-refractivity contribution in [1.82, 2.24) is 4.90 Å². The van der Waals surface area contributed by atoms with Gasteiger partial charge in [0.25, 0.3) is 5.91 Å². The molecule has 4 heteroatoms. The molecule has 1 N–H and O–H groups in total. The van der Waals surface area contributed by atoms with Crippen molar-refractivity contribution in [3.63, 3.8) is 0 Å². The summed E-state index contributed by atoms with van der Waals surface area (Å²) in [4.78, 5) is 14.2. The number of carbonyl (C=O) groups is 1. The molecule has 1 amide bonds. The quantitative estimate of drug-likeness (QED) is 0.879. The molecule has 1 aliphatic rings. The van der Waals surface area contributed by atoms with Crippen molar-refractivity contribution in [1.29, 1.82) is 0 Å². The number of hydrogen-bond donors (Lipinski definition) is 1. The number of benzene rings is 1. The van der Waals surface area contributed by atoms with Crippen LogP contribution in [-0.2, 0) is 4.79 Å². The van der Waals surface area contributed by atoms with E-state index in [1.807, 2.05) is 38.1 Å². The number of β-amino-alcohol motifs (C(OH)–C–C–N with tert-alkyl or cyclic N) is 1. The predicted octanol–water partition coefficient (Wildman–Crippen LogP) is 2.95. The lowest BCUT2D eigenvalue weighted by molar-refractivity contribution is -0.162. The molecule has 1 aromatic rings. The summed E-state index contributed by atoms with van der Waals surface area (Å²) in [7, 11) is 0. The summed E-state index contributed by atoms with van der Waals surface area (Å²) in [5, 5.41) is 10.1. The fourth-order valence-corrected chi connectivity index (χ4v) is 2.77. The number of ether oxygens (including phenoxy) is 1. The Morgan fingerprint density at radius 2 is 1.95 bits per heavy atom. The fraction of sp³-hybridized carbons (Fsp3) is 0.611. The summed E-state index contributed by atoms with van der Waals surface area (Å²) in [6, 6.07) is 7.88. The molecule has 1 unspecified atom stereocenters. The summed E-state index contributed by atoms with van der Waals surface area (Å²) >= 11 is 0. The van der Waals surface area contributed by atoms with Crippen molar-refractivity contribution in [3.05, 3.63) is 29.8 Å². The molecule has 0 spiro atoms. The summed E-state index contributed by atoms with van der Waals surface area (Å²) in [5.41, 5.74) is 0.409. The van der Waals surface area contributed by atoms with Crippen molar-refractivity contribution in [2.45, 2.75) is 58.2 Å². The Balaban J connectivity index is 2.06. The molecule has 1 saturated heterocycles. The van der Waals surface area contributed by atoms with Gasteiger partial charge < -0.3 is 14.7 Å². The Bertz CT molecular complexity index is 521. The van der Waals surface area contributed by atoms with E-state index in [1.165, 1.54) is 0 Å². The first kappa shape index (κ1) is 16.8. The molecule has 0 aromatic heterocycles. The van der Waals surface area contributed by atoms with Crippen LogP contribution in [0.3, 0.4) is 0 Å². The second-order valence-electron chi connectivity index (χ2n) is 6.48. The number of nitrogens with zero attached hydrogens (tertiary/aromatic N) is 1. The zero-order valence-corrected chi connectivity index (χ0v) is 14.0. The first-order valence-electron chi connectivity index (χ1n) is 8.17. The summed E-state index contributed by atoms with van der Waals surface area (Å²) in [5.74, 6) is 1.10. The van der Waals surface area contributed by atoms with Gasteiger partial charge in [-0.25, -0.2) is 0 Å². The van der Waals surface area contributed by atoms with Gasteiger partial charge >= 0.3 is 0 Å². The third-order valence-corrected chi connectivity index (χ3v) is 4.40. The number of carbonyl (C=O) groups excluding carboxylic acids is 1. The van der Waals surface area contributed by atoms with Gasteiger partial charge in [0.1, 0.15) is 5.75 Å². The average molecular weight is 305 g/mol. The molecule has 1 aliphatic heterocycles. The van der Waals surface area contributed by atoms with Gasteiger partial charge in [0.15, 0.2) is 6.10 Å². The van der Waals surface area contributed by atoms with Crippen LogP contribution in [0.15, 0.2) is 24.3 Å². The van der Waals surface area contributed by atoms with E-state index in [2.05, 4.69) is 13.8 Å². The highest BCUT2D eigenvalue weighted by Crippen LogP contribution is 2.29. The van der Waals surface area contributed by atoms with Gasteiger partial charge in [0, 0.05) is 0 Å². The third kappa shape index (κ3) is 3.43. The van der Waals surface area contributed by atoms with E-state index in [0.29, 0.717) is 31.8 Å². The van der Waals surface area contributed by atoms with Crippen molar-refractivity contribution in [2.75, 3.05) is 13.1 Å². The molecule has 0 radical (unpaired) electrons. The molecule has 2 rings (SSSR count). The molecule has 0 bridgehead atoms. The summed E-state index contributed by atoms with van der Waals surface area (Å²) in [6.45, 7) is 8.94. The van der Waals surface area contributed by atoms with E-state index in [9.17, 15) is 9.90 Å².